The molecule has 0 unspecified atom stereocenters. The molecule has 0 fully saturated rings. The second-order valence-corrected chi connectivity index (χ2v) is 8.36. The van der Waals surface area contributed by atoms with Gasteiger partial charge in [0.25, 0.3) is 0 Å². The lowest BCUT2D eigenvalue weighted by atomic mass is 10.1. The Morgan fingerprint density at radius 2 is 1.84 bits per heavy atom. The van der Waals surface area contributed by atoms with E-state index >= 15 is 0 Å². The fraction of sp³-hybridized carbons (Fsp3) is 0.333. The molecule has 138 valence electrons. The molecule has 0 saturated heterocycles. The second kappa shape index (κ2) is 8.61. The fourth-order valence-corrected chi connectivity index (χ4v) is 3.17. The molecule has 1 amide bonds. The number of aromatic nitrogens is 1. The molecule has 2 aromatic rings. The lowest BCUT2D eigenvalue weighted by Crippen LogP contribution is -2.39. The molecule has 25 heavy (non-hydrogen) atoms. The highest BCUT2D eigenvalue weighted by Crippen LogP contribution is 2.26. The molecule has 1 heterocycles. The number of amides is 1. The number of hydrogen-bond acceptors (Lipinski definition) is 6. The van der Waals surface area contributed by atoms with Crippen LogP contribution in [0.4, 0.5) is 10.8 Å². The lowest BCUT2D eigenvalue weighted by Gasteiger charge is -2.13. The molecule has 1 atom stereocenters. The number of nitrogens with one attached hydrogen (secondary N) is 2. The van der Waals surface area contributed by atoms with Crippen molar-refractivity contribution in [3.63, 3.8) is 0 Å². The standard InChI is InChI=1S/C15H20N4O3S2.ClH/c1-9(2)13(16)14(20)18-15-17-12(8-23-15)10-4-6-11(7-5-10)19-24(3,21)22;/h4-9,13,19H,16H2,1-3H3,(H,17,18,20);1H/t13-;/m0./s1. The summed E-state index contributed by atoms with van der Waals surface area (Å²) in [7, 11) is -3.30. The Labute approximate surface area is 157 Å². The Morgan fingerprint density at radius 3 is 2.36 bits per heavy atom. The van der Waals surface area contributed by atoms with Crippen LogP contribution in [0.3, 0.4) is 0 Å². The quantitative estimate of drug-likeness (QED) is 0.684. The first kappa shape index (κ1) is 21.4. The minimum Gasteiger partial charge on any atom is -0.320 e. The third kappa shape index (κ3) is 6.28. The van der Waals surface area contributed by atoms with Gasteiger partial charge >= 0.3 is 0 Å². The number of thiazole rings is 1. The van der Waals surface area contributed by atoms with E-state index < -0.39 is 16.1 Å². The number of halogens is 1. The number of sulfonamides is 1. The molecule has 2 rings (SSSR count). The van der Waals surface area contributed by atoms with Crippen LogP contribution in [-0.2, 0) is 14.8 Å². The van der Waals surface area contributed by atoms with Crippen molar-refractivity contribution in [1.82, 2.24) is 4.98 Å². The first-order valence-electron chi connectivity index (χ1n) is 7.26. The summed E-state index contributed by atoms with van der Waals surface area (Å²) in [4.78, 5) is 16.3. The molecule has 4 N–H and O–H groups in total. The van der Waals surface area contributed by atoms with Gasteiger partial charge in [-0.1, -0.05) is 26.0 Å². The number of benzene rings is 1. The lowest BCUT2D eigenvalue weighted by molar-refractivity contribution is -0.118. The molecule has 0 saturated carbocycles. The zero-order valence-electron chi connectivity index (χ0n) is 14.0. The van der Waals surface area contributed by atoms with Gasteiger partial charge in [0.2, 0.25) is 15.9 Å². The number of carbonyl (C=O) groups is 1. The van der Waals surface area contributed by atoms with E-state index in [4.69, 9.17) is 5.73 Å². The Hall–Kier alpha value is -1.68. The van der Waals surface area contributed by atoms with Crippen molar-refractivity contribution in [3.8, 4) is 11.3 Å². The van der Waals surface area contributed by atoms with Crippen molar-refractivity contribution in [2.75, 3.05) is 16.3 Å². The summed E-state index contributed by atoms with van der Waals surface area (Å²) in [6.45, 7) is 3.76. The summed E-state index contributed by atoms with van der Waals surface area (Å²) in [5, 5.41) is 5.00. The zero-order valence-corrected chi connectivity index (χ0v) is 16.5. The Balaban J connectivity index is 0.00000312. The van der Waals surface area contributed by atoms with Crippen LogP contribution < -0.4 is 15.8 Å². The van der Waals surface area contributed by atoms with Crippen molar-refractivity contribution in [2.45, 2.75) is 19.9 Å². The smallest absolute Gasteiger partial charge is 0.243 e. The summed E-state index contributed by atoms with van der Waals surface area (Å²) >= 11 is 1.31. The summed E-state index contributed by atoms with van der Waals surface area (Å²) in [5.41, 5.74) is 7.79. The zero-order chi connectivity index (χ0) is 17.9. The van der Waals surface area contributed by atoms with E-state index in [-0.39, 0.29) is 24.2 Å². The van der Waals surface area contributed by atoms with Crippen LogP contribution in [0, 0.1) is 5.92 Å². The molecule has 0 radical (unpaired) electrons. The van der Waals surface area contributed by atoms with Crippen LogP contribution in [-0.4, -0.2) is 31.6 Å². The van der Waals surface area contributed by atoms with Gasteiger partial charge in [0, 0.05) is 16.6 Å². The van der Waals surface area contributed by atoms with Crippen molar-refractivity contribution in [3.05, 3.63) is 29.6 Å². The van der Waals surface area contributed by atoms with E-state index in [2.05, 4.69) is 15.0 Å². The molecule has 0 spiro atoms. The van der Waals surface area contributed by atoms with Gasteiger partial charge in [-0.25, -0.2) is 13.4 Å². The maximum Gasteiger partial charge on any atom is 0.243 e. The van der Waals surface area contributed by atoms with E-state index in [0.717, 1.165) is 11.8 Å². The number of nitrogens with two attached hydrogens (primary N) is 1. The molecule has 1 aromatic carbocycles. The molecule has 0 aliphatic carbocycles. The Bertz CT molecular complexity index is 820. The number of anilines is 2. The molecule has 1 aromatic heterocycles. The van der Waals surface area contributed by atoms with E-state index in [0.29, 0.717) is 16.5 Å². The molecule has 0 aliphatic rings. The monoisotopic (exact) mass is 404 g/mol. The highest BCUT2D eigenvalue weighted by atomic mass is 35.5. The van der Waals surface area contributed by atoms with Gasteiger partial charge in [-0.05, 0) is 18.1 Å². The number of rotatable bonds is 6. The van der Waals surface area contributed by atoms with Gasteiger partial charge in [-0.15, -0.1) is 23.7 Å². The second-order valence-electron chi connectivity index (χ2n) is 5.75. The first-order chi connectivity index (χ1) is 11.2. The van der Waals surface area contributed by atoms with Gasteiger partial charge < -0.3 is 11.1 Å². The van der Waals surface area contributed by atoms with Gasteiger partial charge in [0.15, 0.2) is 5.13 Å². The molecule has 0 bridgehead atoms. The maximum atomic E-state index is 11.9. The normalized spacial score (nSPS) is 12.4. The van der Waals surface area contributed by atoms with Crippen LogP contribution in [0.2, 0.25) is 0 Å². The molecule has 7 nitrogen and oxygen atoms in total. The molecular formula is C15H21ClN4O3S2. The number of nitrogens with zero attached hydrogens (tertiary/aromatic N) is 1. The third-order valence-corrected chi connectivity index (χ3v) is 4.60. The van der Waals surface area contributed by atoms with E-state index in [9.17, 15) is 13.2 Å². The van der Waals surface area contributed by atoms with Crippen LogP contribution in [0.1, 0.15) is 13.8 Å². The molecule has 0 aliphatic heterocycles. The van der Waals surface area contributed by atoms with E-state index in [1.807, 2.05) is 19.2 Å². The minimum atomic E-state index is -3.30. The maximum absolute atomic E-state index is 11.9. The fourth-order valence-electron chi connectivity index (χ4n) is 1.88. The Kier molecular flexibility index (Phi) is 7.36. The van der Waals surface area contributed by atoms with Crippen molar-refractivity contribution >= 4 is 50.5 Å². The Morgan fingerprint density at radius 1 is 1.24 bits per heavy atom. The van der Waals surface area contributed by atoms with Crippen LogP contribution in [0.5, 0.6) is 0 Å². The average molecular weight is 405 g/mol. The van der Waals surface area contributed by atoms with Crippen LogP contribution in [0.15, 0.2) is 29.6 Å². The topological polar surface area (TPSA) is 114 Å². The largest absolute Gasteiger partial charge is 0.320 e. The SMILES string of the molecule is CC(C)[C@H](N)C(=O)Nc1nc(-c2ccc(NS(C)(=O)=O)cc2)cs1.Cl. The first-order valence-corrected chi connectivity index (χ1v) is 10.0. The highest BCUT2D eigenvalue weighted by molar-refractivity contribution is 7.92. The summed E-state index contributed by atoms with van der Waals surface area (Å²) in [6.07, 6.45) is 1.10. The van der Waals surface area contributed by atoms with Gasteiger partial charge in [0.1, 0.15) is 0 Å². The molecular weight excluding hydrogens is 384 g/mol. The summed E-state index contributed by atoms with van der Waals surface area (Å²) < 4.78 is 24.8. The predicted molar refractivity (Wildman–Crippen MR) is 105 cm³/mol. The number of hydrogen-bond donors (Lipinski definition) is 3. The van der Waals surface area contributed by atoms with Crippen LogP contribution in [0.25, 0.3) is 11.3 Å². The minimum absolute atomic E-state index is 0. The van der Waals surface area contributed by atoms with Gasteiger partial charge in [-0.3, -0.25) is 9.52 Å². The molecule has 10 heteroatoms. The van der Waals surface area contributed by atoms with Crippen LogP contribution >= 0.6 is 23.7 Å². The van der Waals surface area contributed by atoms with Crippen molar-refractivity contribution in [2.24, 2.45) is 11.7 Å². The summed E-state index contributed by atoms with van der Waals surface area (Å²) in [5.74, 6) is -0.224. The number of carbonyl (C=O) groups excluding carboxylic acids is 1. The average Bonchev–Trinajstić information content (AvgIpc) is 2.93. The summed E-state index contributed by atoms with van der Waals surface area (Å²) in [6, 6.07) is 6.24. The van der Waals surface area contributed by atoms with E-state index in [1.54, 1.807) is 24.3 Å². The highest BCUT2D eigenvalue weighted by Gasteiger charge is 2.18. The predicted octanol–water partition coefficient (Wildman–Crippen LogP) is 2.53. The third-order valence-electron chi connectivity index (χ3n) is 3.24. The van der Waals surface area contributed by atoms with E-state index in [1.165, 1.54) is 11.3 Å². The van der Waals surface area contributed by atoms with Gasteiger partial charge in [0.05, 0.1) is 18.0 Å². The van der Waals surface area contributed by atoms with Gasteiger partial charge in [-0.2, -0.15) is 0 Å². The van der Waals surface area contributed by atoms with Crippen molar-refractivity contribution in [1.29, 1.82) is 0 Å². The van der Waals surface area contributed by atoms with Crippen molar-refractivity contribution < 1.29 is 13.2 Å².